The van der Waals surface area contributed by atoms with Gasteiger partial charge in [-0.1, -0.05) is 24.3 Å². The fraction of sp³-hybridized carbons (Fsp3) is 0.522. The Morgan fingerprint density at radius 2 is 1.81 bits per heavy atom. The van der Waals surface area contributed by atoms with E-state index in [4.69, 9.17) is 0 Å². The molecule has 1 saturated heterocycles. The fourth-order valence-electron chi connectivity index (χ4n) is 4.17. The van der Waals surface area contributed by atoms with Crippen LogP contribution in [0.2, 0.25) is 0 Å². The van der Waals surface area contributed by atoms with Gasteiger partial charge in [-0.25, -0.2) is 9.67 Å². The normalized spacial score (nSPS) is 18.0. The third-order valence-corrected chi connectivity index (χ3v) is 5.88. The lowest BCUT2D eigenvalue weighted by molar-refractivity contribution is -0.134. The topological polar surface area (TPSA) is 100 Å². The Hall–Kier alpha value is -3.23. The standard InChI is InChI=1S/C23H32N6O3/c1-15-25-16(2)29(26-15)11-10-22(31)28-13-20(21(14-28)23(32)27(4)5)19-8-6-18(7-9-19)12-24-17(3)30/h6-9,20-21H,10-14H2,1-5H3,(H,24,30)/t20-,21+/m1/s1. The molecule has 2 atom stereocenters. The van der Waals surface area contributed by atoms with Crippen LogP contribution in [0.5, 0.6) is 0 Å². The number of likely N-dealkylation sites (tertiary alicyclic amines) is 1. The first-order chi connectivity index (χ1) is 15.2. The molecule has 2 heterocycles. The Labute approximate surface area is 188 Å². The monoisotopic (exact) mass is 440 g/mol. The van der Waals surface area contributed by atoms with Crippen LogP contribution in [0.25, 0.3) is 0 Å². The predicted octanol–water partition coefficient (Wildman–Crippen LogP) is 1.25. The summed E-state index contributed by atoms with van der Waals surface area (Å²) in [4.78, 5) is 44.6. The van der Waals surface area contributed by atoms with Gasteiger partial charge in [0.25, 0.3) is 0 Å². The predicted molar refractivity (Wildman–Crippen MR) is 120 cm³/mol. The van der Waals surface area contributed by atoms with E-state index >= 15 is 0 Å². The van der Waals surface area contributed by atoms with Crippen LogP contribution < -0.4 is 5.32 Å². The SMILES string of the molecule is CC(=O)NCc1ccc([C@H]2CN(C(=O)CCn3nc(C)nc3C)C[C@@H]2C(=O)N(C)C)cc1. The van der Waals surface area contributed by atoms with Crippen LogP contribution in [-0.4, -0.2) is 69.5 Å². The van der Waals surface area contributed by atoms with Gasteiger partial charge in [0.05, 0.1) is 12.5 Å². The average molecular weight is 441 g/mol. The van der Waals surface area contributed by atoms with E-state index in [1.165, 1.54) is 6.92 Å². The largest absolute Gasteiger partial charge is 0.352 e. The minimum Gasteiger partial charge on any atom is -0.352 e. The molecule has 9 nitrogen and oxygen atoms in total. The second-order valence-electron chi connectivity index (χ2n) is 8.58. The summed E-state index contributed by atoms with van der Waals surface area (Å²) in [6.45, 7) is 7.03. The van der Waals surface area contributed by atoms with E-state index in [2.05, 4.69) is 15.4 Å². The minimum atomic E-state index is -0.287. The third kappa shape index (κ3) is 5.52. The smallest absolute Gasteiger partial charge is 0.227 e. The lowest BCUT2D eigenvalue weighted by Crippen LogP contribution is -2.35. The van der Waals surface area contributed by atoms with Gasteiger partial charge in [0.1, 0.15) is 11.6 Å². The number of amides is 3. The molecule has 1 N–H and O–H groups in total. The van der Waals surface area contributed by atoms with E-state index < -0.39 is 0 Å². The van der Waals surface area contributed by atoms with E-state index in [9.17, 15) is 14.4 Å². The molecule has 0 aliphatic carbocycles. The molecule has 1 aromatic carbocycles. The molecule has 172 valence electrons. The third-order valence-electron chi connectivity index (χ3n) is 5.88. The highest BCUT2D eigenvalue weighted by Gasteiger charge is 2.40. The summed E-state index contributed by atoms with van der Waals surface area (Å²) >= 11 is 0. The van der Waals surface area contributed by atoms with Crippen molar-refractivity contribution >= 4 is 17.7 Å². The number of benzene rings is 1. The second kappa shape index (κ2) is 9.93. The molecule has 3 amide bonds. The molecule has 0 bridgehead atoms. The highest BCUT2D eigenvalue weighted by molar-refractivity contribution is 5.83. The van der Waals surface area contributed by atoms with Gasteiger partial charge in [-0.05, 0) is 25.0 Å². The molecular formula is C23H32N6O3. The lowest BCUT2D eigenvalue weighted by Gasteiger charge is -2.21. The molecule has 1 aliphatic rings. The average Bonchev–Trinajstić information content (AvgIpc) is 3.33. The molecule has 2 aromatic rings. The van der Waals surface area contributed by atoms with Crippen LogP contribution in [0.1, 0.15) is 42.0 Å². The molecule has 1 fully saturated rings. The summed E-state index contributed by atoms with van der Waals surface area (Å²) in [7, 11) is 3.49. The van der Waals surface area contributed by atoms with Crippen LogP contribution >= 0.6 is 0 Å². The van der Waals surface area contributed by atoms with Crippen molar-refractivity contribution in [1.29, 1.82) is 0 Å². The van der Waals surface area contributed by atoms with Crippen LogP contribution in [0.15, 0.2) is 24.3 Å². The molecule has 1 aromatic heterocycles. The quantitative estimate of drug-likeness (QED) is 0.699. The number of hydrogen-bond donors (Lipinski definition) is 1. The van der Waals surface area contributed by atoms with Crippen molar-refractivity contribution in [3.05, 3.63) is 47.0 Å². The van der Waals surface area contributed by atoms with Gasteiger partial charge >= 0.3 is 0 Å². The van der Waals surface area contributed by atoms with Gasteiger partial charge in [-0.15, -0.1) is 0 Å². The van der Waals surface area contributed by atoms with Gasteiger partial charge in [0, 0.05) is 53.0 Å². The molecule has 0 unspecified atom stereocenters. The first-order valence-electron chi connectivity index (χ1n) is 10.9. The van der Waals surface area contributed by atoms with Crippen LogP contribution in [-0.2, 0) is 27.5 Å². The molecule has 3 rings (SSSR count). The minimum absolute atomic E-state index is 0.0129. The number of carbonyl (C=O) groups excluding carboxylic acids is 3. The van der Waals surface area contributed by atoms with Crippen molar-refractivity contribution in [1.82, 2.24) is 29.9 Å². The molecule has 0 spiro atoms. The Bertz CT molecular complexity index is 982. The summed E-state index contributed by atoms with van der Waals surface area (Å²) in [5, 5.41) is 7.10. The Morgan fingerprint density at radius 1 is 1.12 bits per heavy atom. The van der Waals surface area contributed by atoms with Crippen molar-refractivity contribution in [2.24, 2.45) is 5.92 Å². The Kier molecular flexibility index (Phi) is 7.27. The van der Waals surface area contributed by atoms with Gasteiger partial charge < -0.3 is 15.1 Å². The highest BCUT2D eigenvalue weighted by atomic mass is 16.2. The first-order valence-corrected chi connectivity index (χ1v) is 10.9. The number of nitrogens with one attached hydrogen (secondary N) is 1. The number of hydrogen-bond acceptors (Lipinski definition) is 5. The van der Waals surface area contributed by atoms with Gasteiger partial charge in [-0.2, -0.15) is 5.10 Å². The molecule has 0 radical (unpaired) electrons. The summed E-state index contributed by atoms with van der Waals surface area (Å²) in [5.74, 6) is 1.08. The van der Waals surface area contributed by atoms with Crippen molar-refractivity contribution in [3.63, 3.8) is 0 Å². The van der Waals surface area contributed by atoms with E-state index in [1.807, 2.05) is 38.1 Å². The Morgan fingerprint density at radius 3 is 2.38 bits per heavy atom. The summed E-state index contributed by atoms with van der Waals surface area (Å²) in [6, 6.07) is 7.91. The number of nitrogens with zero attached hydrogens (tertiary/aromatic N) is 5. The number of rotatable bonds is 7. The maximum Gasteiger partial charge on any atom is 0.227 e. The molecule has 1 aliphatic heterocycles. The Balaban J connectivity index is 1.71. The molecule has 9 heteroatoms. The lowest BCUT2D eigenvalue weighted by atomic mass is 9.87. The van der Waals surface area contributed by atoms with E-state index in [0.29, 0.717) is 38.4 Å². The van der Waals surface area contributed by atoms with Crippen molar-refractivity contribution in [3.8, 4) is 0 Å². The van der Waals surface area contributed by atoms with E-state index in [1.54, 1.807) is 28.6 Å². The molecular weight excluding hydrogens is 408 g/mol. The number of aromatic nitrogens is 3. The van der Waals surface area contributed by atoms with Crippen LogP contribution in [0, 0.1) is 19.8 Å². The summed E-state index contributed by atoms with van der Waals surface area (Å²) in [6.07, 6.45) is 0.314. The van der Waals surface area contributed by atoms with E-state index in [-0.39, 0.29) is 29.6 Å². The first kappa shape index (κ1) is 23.4. The van der Waals surface area contributed by atoms with Crippen molar-refractivity contribution in [2.45, 2.75) is 46.2 Å². The molecule has 32 heavy (non-hydrogen) atoms. The van der Waals surface area contributed by atoms with Crippen molar-refractivity contribution in [2.75, 3.05) is 27.2 Å². The second-order valence-corrected chi connectivity index (χ2v) is 8.58. The van der Waals surface area contributed by atoms with Crippen molar-refractivity contribution < 1.29 is 14.4 Å². The summed E-state index contributed by atoms with van der Waals surface area (Å²) < 4.78 is 1.75. The van der Waals surface area contributed by atoms with Crippen LogP contribution in [0.4, 0.5) is 0 Å². The molecule has 0 saturated carbocycles. The van der Waals surface area contributed by atoms with E-state index in [0.717, 1.165) is 17.0 Å². The maximum atomic E-state index is 13.0. The maximum absolute atomic E-state index is 13.0. The van der Waals surface area contributed by atoms with Gasteiger partial charge in [0.15, 0.2) is 0 Å². The summed E-state index contributed by atoms with van der Waals surface area (Å²) in [5.41, 5.74) is 2.01. The number of aryl methyl sites for hydroxylation is 3. The van der Waals surface area contributed by atoms with Gasteiger partial charge in [-0.3, -0.25) is 14.4 Å². The van der Waals surface area contributed by atoms with Gasteiger partial charge in [0.2, 0.25) is 17.7 Å². The fourth-order valence-corrected chi connectivity index (χ4v) is 4.17. The van der Waals surface area contributed by atoms with Crippen LogP contribution in [0.3, 0.4) is 0 Å². The highest BCUT2D eigenvalue weighted by Crippen LogP contribution is 2.34. The zero-order valence-electron chi connectivity index (χ0n) is 19.5. The number of carbonyl (C=O) groups is 3. The zero-order chi connectivity index (χ0) is 23.4. The zero-order valence-corrected chi connectivity index (χ0v) is 19.5.